The van der Waals surface area contributed by atoms with Crippen LogP contribution in [0, 0.1) is 5.82 Å². The summed E-state index contributed by atoms with van der Waals surface area (Å²) in [4.78, 5) is 0. The van der Waals surface area contributed by atoms with Crippen LogP contribution in [0.4, 0.5) is 4.39 Å². The number of rotatable bonds is 4. The molecule has 1 unspecified atom stereocenters. The molecule has 1 atom stereocenters. The molecule has 0 saturated heterocycles. The summed E-state index contributed by atoms with van der Waals surface area (Å²) in [5, 5.41) is 4.69. The van der Waals surface area contributed by atoms with Crippen molar-refractivity contribution in [1.29, 1.82) is 0 Å². The van der Waals surface area contributed by atoms with Crippen LogP contribution in [0.15, 0.2) is 133 Å². The van der Waals surface area contributed by atoms with Gasteiger partial charge in [0.15, 0.2) is 0 Å². The molecule has 0 saturated carbocycles. The molecule has 4 heteroatoms. The van der Waals surface area contributed by atoms with E-state index in [1.54, 1.807) is 6.07 Å². The molecule has 0 spiro atoms. The zero-order valence-corrected chi connectivity index (χ0v) is 20.5. The fraction of sp³-hybridized carbons (Fsp3) is 0.0323. The molecule has 0 aliphatic carbocycles. The molecule has 35 heavy (non-hydrogen) atoms. The fourth-order valence-corrected chi connectivity index (χ4v) is 11.8. The molecule has 1 heterocycles. The zero-order valence-electron chi connectivity index (χ0n) is 18.9. The van der Waals surface area contributed by atoms with Gasteiger partial charge in [-0.1, -0.05) is 0 Å². The first-order chi connectivity index (χ1) is 17.1. The molecule has 0 N–H and O–H groups in total. The summed E-state index contributed by atoms with van der Waals surface area (Å²) < 4.78 is 22.7. The summed E-state index contributed by atoms with van der Waals surface area (Å²) in [6.45, 7) is -3.83. The molecule has 1 nitrogen and oxygen atoms in total. The summed E-state index contributed by atoms with van der Waals surface area (Å²) in [5.41, 5.74) is 1.96. The molecule has 1 aliphatic rings. The van der Waals surface area contributed by atoms with Gasteiger partial charge in [0.25, 0.3) is 0 Å². The van der Waals surface area contributed by atoms with Crippen molar-refractivity contribution in [2.45, 2.75) is 6.10 Å². The third-order valence-electron chi connectivity index (χ3n) is 6.97. The van der Waals surface area contributed by atoms with Crippen molar-refractivity contribution >= 4 is 39.6 Å². The molecule has 0 amide bonds. The standard InChI is InChI=1S/C31H23ClFOP/c32-24-18-16-23(17-19-24)31-29-21-20-25(33)22-30(29)35(34-31,26-10-4-1-5-11-26,27-12-6-2-7-13-27)28-14-8-3-9-15-28/h1-22,31H. The van der Waals surface area contributed by atoms with Gasteiger partial charge in [0.05, 0.1) is 0 Å². The summed E-state index contributed by atoms with van der Waals surface area (Å²) >= 11 is 6.23. The van der Waals surface area contributed by atoms with Gasteiger partial charge in [-0.3, -0.25) is 0 Å². The predicted octanol–water partition coefficient (Wildman–Crippen LogP) is 6.67. The number of hydrogen-bond acceptors (Lipinski definition) is 1. The van der Waals surface area contributed by atoms with Crippen LogP contribution in [-0.2, 0) is 4.52 Å². The normalized spacial score (nSPS) is 18.8. The topological polar surface area (TPSA) is 9.23 Å². The van der Waals surface area contributed by atoms with Crippen LogP contribution in [0.1, 0.15) is 17.2 Å². The van der Waals surface area contributed by atoms with E-state index >= 15 is 4.39 Å². The minimum atomic E-state index is -3.83. The second-order valence-corrected chi connectivity index (χ2v) is 13.5. The molecule has 1 aliphatic heterocycles. The monoisotopic (exact) mass is 496 g/mol. The summed E-state index contributed by atoms with van der Waals surface area (Å²) in [6, 6.07) is 43.8. The van der Waals surface area contributed by atoms with Crippen molar-refractivity contribution in [3.63, 3.8) is 0 Å². The van der Waals surface area contributed by atoms with E-state index in [1.165, 1.54) is 6.07 Å². The third-order valence-corrected chi connectivity index (χ3v) is 13.0. The zero-order chi connectivity index (χ0) is 23.9. The molecular formula is C31H23ClFOP. The van der Waals surface area contributed by atoms with Crippen molar-refractivity contribution in [3.8, 4) is 0 Å². The number of fused-ring (bicyclic) bond motifs is 1. The van der Waals surface area contributed by atoms with Crippen LogP contribution in [-0.4, -0.2) is 0 Å². The average Bonchev–Trinajstić information content (AvgIpc) is 3.23. The maximum atomic E-state index is 15.2. The van der Waals surface area contributed by atoms with Crippen molar-refractivity contribution in [1.82, 2.24) is 0 Å². The second-order valence-electron chi connectivity index (χ2n) is 8.78. The van der Waals surface area contributed by atoms with Gasteiger partial charge < -0.3 is 0 Å². The van der Waals surface area contributed by atoms with Gasteiger partial charge in [-0.05, 0) is 0 Å². The molecule has 172 valence electrons. The first kappa shape index (κ1) is 22.2. The first-order valence-electron chi connectivity index (χ1n) is 11.6. The van der Waals surface area contributed by atoms with E-state index in [2.05, 4.69) is 36.4 Å². The van der Waals surface area contributed by atoms with E-state index in [0.29, 0.717) is 5.02 Å². The van der Waals surface area contributed by atoms with Gasteiger partial charge in [-0.2, -0.15) is 0 Å². The minimum absolute atomic E-state index is 0.277. The van der Waals surface area contributed by atoms with E-state index < -0.39 is 6.83 Å². The first-order valence-corrected chi connectivity index (χ1v) is 14.1. The van der Waals surface area contributed by atoms with E-state index in [-0.39, 0.29) is 11.9 Å². The number of benzene rings is 5. The predicted molar refractivity (Wildman–Crippen MR) is 146 cm³/mol. The van der Waals surface area contributed by atoms with Crippen molar-refractivity contribution in [3.05, 3.63) is 155 Å². The molecule has 0 fully saturated rings. The Morgan fingerprint density at radius 3 is 1.57 bits per heavy atom. The van der Waals surface area contributed by atoms with E-state index in [9.17, 15) is 0 Å². The Balaban J connectivity index is 1.82. The maximum absolute atomic E-state index is 15.2. The third kappa shape index (κ3) is 3.15. The fourth-order valence-electron chi connectivity index (χ4n) is 5.49. The van der Waals surface area contributed by atoms with Crippen LogP contribution in [0.5, 0.6) is 0 Å². The summed E-state index contributed by atoms with van der Waals surface area (Å²) in [7, 11) is 0. The molecule has 5 aromatic rings. The van der Waals surface area contributed by atoms with Gasteiger partial charge >= 0.3 is 210 Å². The summed E-state index contributed by atoms with van der Waals surface area (Å²) in [6.07, 6.45) is -0.388. The average molecular weight is 497 g/mol. The van der Waals surface area contributed by atoms with E-state index in [4.69, 9.17) is 16.1 Å². The molecule has 0 radical (unpaired) electrons. The molecule has 5 aromatic carbocycles. The molecule has 6 rings (SSSR count). The molecular weight excluding hydrogens is 474 g/mol. The second kappa shape index (κ2) is 8.43. The van der Waals surface area contributed by atoms with Crippen molar-refractivity contribution in [2.75, 3.05) is 0 Å². The van der Waals surface area contributed by atoms with Crippen molar-refractivity contribution in [2.24, 2.45) is 0 Å². The Morgan fingerprint density at radius 1 is 0.600 bits per heavy atom. The Labute approximate surface area is 209 Å². The Bertz CT molecular complexity index is 1390. The SMILES string of the molecule is Fc1ccc2c(c1)P(c1ccccc1)(c1ccccc1)(c1ccccc1)OC2c1ccc(Cl)cc1. The van der Waals surface area contributed by atoms with Gasteiger partial charge in [-0.25, -0.2) is 0 Å². The summed E-state index contributed by atoms with van der Waals surface area (Å²) in [5.74, 6) is -0.277. The van der Waals surface area contributed by atoms with Crippen molar-refractivity contribution < 1.29 is 8.91 Å². The van der Waals surface area contributed by atoms with Crippen LogP contribution < -0.4 is 21.2 Å². The Morgan fingerprint density at radius 2 is 1.09 bits per heavy atom. The van der Waals surface area contributed by atoms with Crippen LogP contribution >= 0.6 is 18.4 Å². The number of hydrogen-bond donors (Lipinski definition) is 0. The molecule has 0 aromatic heterocycles. The van der Waals surface area contributed by atoms with Gasteiger partial charge in [-0.15, -0.1) is 0 Å². The van der Waals surface area contributed by atoms with Crippen LogP contribution in [0.2, 0.25) is 5.02 Å². The van der Waals surface area contributed by atoms with Gasteiger partial charge in [0.2, 0.25) is 0 Å². The van der Waals surface area contributed by atoms with Gasteiger partial charge in [0.1, 0.15) is 0 Å². The van der Waals surface area contributed by atoms with E-state index in [0.717, 1.165) is 32.3 Å². The Hall–Kier alpha value is -3.29. The van der Waals surface area contributed by atoms with E-state index in [1.807, 2.05) is 84.9 Å². The molecule has 0 bridgehead atoms. The van der Waals surface area contributed by atoms with Crippen LogP contribution in [0.25, 0.3) is 0 Å². The quantitative estimate of drug-likeness (QED) is 0.252. The van der Waals surface area contributed by atoms with Gasteiger partial charge in [0, 0.05) is 0 Å². The Kier molecular flexibility index (Phi) is 5.34. The number of halogens is 2. The van der Waals surface area contributed by atoms with Crippen LogP contribution in [0.3, 0.4) is 0 Å².